The summed E-state index contributed by atoms with van der Waals surface area (Å²) >= 11 is 1.86. The van der Waals surface area contributed by atoms with Crippen molar-refractivity contribution >= 4 is 11.8 Å². The topological polar surface area (TPSA) is 20.2 Å². The van der Waals surface area contributed by atoms with E-state index in [0.29, 0.717) is 5.75 Å². The van der Waals surface area contributed by atoms with Gasteiger partial charge in [0.2, 0.25) is 0 Å². The van der Waals surface area contributed by atoms with Gasteiger partial charge < -0.3 is 5.11 Å². The molecule has 0 aliphatic heterocycles. The highest BCUT2D eigenvalue weighted by atomic mass is 32.2. The largest absolute Gasteiger partial charge is 0.507 e. The average Bonchev–Trinajstić information content (AvgIpc) is 2.67. The van der Waals surface area contributed by atoms with E-state index < -0.39 is 0 Å². The third-order valence-corrected chi connectivity index (χ3v) is 6.59. The van der Waals surface area contributed by atoms with E-state index in [4.69, 9.17) is 0 Å². The van der Waals surface area contributed by atoms with Gasteiger partial charge in [-0.05, 0) is 51.6 Å². The minimum atomic E-state index is -0.178. The zero-order valence-electron chi connectivity index (χ0n) is 19.3. The Hall–Kier alpha value is -2.19. The van der Waals surface area contributed by atoms with Crippen molar-refractivity contribution in [3.63, 3.8) is 0 Å². The van der Waals surface area contributed by atoms with Gasteiger partial charge in [-0.15, -0.1) is 11.8 Å². The van der Waals surface area contributed by atoms with Gasteiger partial charge >= 0.3 is 0 Å². The molecule has 0 fully saturated rings. The normalized spacial score (nSPS) is 12.2. The number of hydrogen-bond donors (Lipinski definition) is 1. The lowest BCUT2D eigenvalue weighted by Crippen LogP contribution is -2.19. The molecule has 0 bridgehead atoms. The van der Waals surface area contributed by atoms with E-state index in [9.17, 15) is 5.11 Å². The molecule has 0 aromatic heterocycles. The summed E-state index contributed by atoms with van der Waals surface area (Å²) in [5.74, 6) is 1.37. The van der Waals surface area contributed by atoms with Crippen LogP contribution >= 0.6 is 11.8 Å². The number of aromatic hydroxyl groups is 1. The molecule has 0 saturated carbocycles. The van der Waals surface area contributed by atoms with Gasteiger partial charge in [0, 0.05) is 16.2 Å². The Morgan fingerprint density at radius 2 is 1.40 bits per heavy atom. The van der Waals surface area contributed by atoms with Crippen LogP contribution in [0.4, 0.5) is 0 Å². The molecule has 1 N–H and O–H groups in total. The SMILES string of the molecule is Cc1cc(C(C)(C)C)c(O)c(C(C)(C)C)c1-c1ccccc1SCc1ccccc1. The lowest BCUT2D eigenvalue weighted by atomic mass is 9.74. The summed E-state index contributed by atoms with van der Waals surface area (Å²) in [5.41, 5.74) is 6.67. The maximum Gasteiger partial charge on any atom is 0.123 e. The van der Waals surface area contributed by atoms with Crippen molar-refractivity contribution in [2.45, 2.75) is 69.9 Å². The van der Waals surface area contributed by atoms with Gasteiger partial charge in [-0.2, -0.15) is 0 Å². The lowest BCUT2D eigenvalue weighted by Gasteiger charge is -2.31. The molecule has 0 aliphatic carbocycles. The van der Waals surface area contributed by atoms with Crippen LogP contribution in [0.25, 0.3) is 11.1 Å². The van der Waals surface area contributed by atoms with Crippen LogP contribution in [0.15, 0.2) is 65.6 Å². The molecular weight excluding hydrogens is 384 g/mol. The Labute approximate surface area is 186 Å². The molecular formula is C28H34OS. The van der Waals surface area contributed by atoms with Gasteiger partial charge in [0.25, 0.3) is 0 Å². The third kappa shape index (κ3) is 4.75. The van der Waals surface area contributed by atoms with Crippen LogP contribution in [0.3, 0.4) is 0 Å². The van der Waals surface area contributed by atoms with Crippen LogP contribution in [0.5, 0.6) is 5.75 Å². The summed E-state index contributed by atoms with van der Waals surface area (Å²) in [4.78, 5) is 1.25. The maximum absolute atomic E-state index is 11.4. The van der Waals surface area contributed by atoms with Crippen molar-refractivity contribution in [2.75, 3.05) is 0 Å². The fourth-order valence-electron chi connectivity index (χ4n) is 3.99. The number of hydrogen-bond acceptors (Lipinski definition) is 2. The van der Waals surface area contributed by atoms with E-state index in [0.717, 1.165) is 16.9 Å². The number of thioether (sulfide) groups is 1. The van der Waals surface area contributed by atoms with Crippen molar-refractivity contribution in [3.05, 3.63) is 82.9 Å². The molecule has 0 heterocycles. The number of phenolic OH excluding ortho intramolecular Hbond substituents is 1. The van der Waals surface area contributed by atoms with E-state index in [1.165, 1.54) is 27.1 Å². The molecule has 0 atom stereocenters. The summed E-state index contributed by atoms with van der Waals surface area (Å²) in [6.45, 7) is 15.2. The molecule has 0 saturated heterocycles. The molecule has 0 radical (unpaired) electrons. The van der Waals surface area contributed by atoms with Crippen LogP contribution in [-0.2, 0) is 16.6 Å². The van der Waals surface area contributed by atoms with E-state index in [-0.39, 0.29) is 10.8 Å². The fourth-order valence-corrected chi connectivity index (χ4v) is 5.01. The summed E-state index contributed by atoms with van der Waals surface area (Å²) < 4.78 is 0. The smallest absolute Gasteiger partial charge is 0.123 e. The second kappa shape index (κ2) is 8.51. The number of rotatable bonds is 4. The minimum absolute atomic E-state index is 0.116. The summed E-state index contributed by atoms with van der Waals surface area (Å²) in [6.07, 6.45) is 0. The van der Waals surface area contributed by atoms with E-state index >= 15 is 0 Å². The van der Waals surface area contributed by atoms with Crippen molar-refractivity contribution in [2.24, 2.45) is 0 Å². The standard InChI is InChI=1S/C28H34OS/c1-19-17-22(27(2,3)4)26(29)25(28(5,6)7)24(19)21-15-11-12-16-23(21)30-18-20-13-9-8-10-14-20/h8-17,29H,18H2,1-7H3. The first-order valence-corrected chi connectivity index (χ1v) is 11.6. The number of aryl methyl sites for hydroxylation is 1. The zero-order valence-corrected chi connectivity index (χ0v) is 20.2. The van der Waals surface area contributed by atoms with Crippen LogP contribution < -0.4 is 0 Å². The van der Waals surface area contributed by atoms with Crippen molar-refractivity contribution < 1.29 is 5.11 Å². The monoisotopic (exact) mass is 418 g/mol. The Morgan fingerprint density at radius 1 is 0.800 bits per heavy atom. The highest BCUT2D eigenvalue weighted by Crippen LogP contribution is 2.48. The summed E-state index contributed by atoms with van der Waals surface area (Å²) in [7, 11) is 0. The van der Waals surface area contributed by atoms with Crippen molar-refractivity contribution in [1.29, 1.82) is 0 Å². The summed E-state index contributed by atoms with van der Waals surface area (Å²) in [6, 6.07) is 21.4. The zero-order chi connectivity index (χ0) is 22.1. The molecule has 3 rings (SSSR count). The Kier molecular flexibility index (Phi) is 6.38. The predicted molar refractivity (Wildman–Crippen MR) is 132 cm³/mol. The molecule has 2 heteroatoms. The molecule has 158 valence electrons. The van der Waals surface area contributed by atoms with Crippen LogP contribution in [0.1, 0.15) is 63.8 Å². The third-order valence-electron chi connectivity index (χ3n) is 5.45. The second-order valence-electron chi connectivity index (χ2n) is 10.1. The lowest BCUT2D eigenvalue weighted by molar-refractivity contribution is 0.423. The van der Waals surface area contributed by atoms with Crippen LogP contribution in [0, 0.1) is 6.92 Å². The molecule has 3 aromatic carbocycles. The second-order valence-corrected chi connectivity index (χ2v) is 11.1. The van der Waals surface area contributed by atoms with Gasteiger partial charge in [-0.1, -0.05) is 96.1 Å². The van der Waals surface area contributed by atoms with E-state index in [1.807, 2.05) is 11.8 Å². The Bertz CT molecular complexity index is 1020. The van der Waals surface area contributed by atoms with Gasteiger partial charge in [0.05, 0.1) is 0 Å². The molecule has 0 aliphatic rings. The maximum atomic E-state index is 11.4. The van der Waals surface area contributed by atoms with Gasteiger partial charge in [0.1, 0.15) is 5.75 Å². The van der Waals surface area contributed by atoms with Crippen LogP contribution in [0.2, 0.25) is 0 Å². The van der Waals surface area contributed by atoms with Gasteiger partial charge in [-0.3, -0.25) is 0 Å². The average molecular weight is 419 g/mol. The van der Waals surface area contributed by atoms with Gasteiger partial charge in [0.15, 0.2) is 0 Å². The summed E-state index contributed by atoms with van der Waals surface area (Å²) in [5, 5.41) is 11.4. The van der Waals surface area contributed by atoms with Crippen molar-refractivity contribution in [3.8, 4) is 16.9 Å². The highest BCUT2D eigenvalue weighted by Gasteiger charge is 2.30. The Balaban J connectivity index is 2.18. The first kappa shape index (κ1) is 22.5. The van der Waals surface area contributed by atoms with Crippen LogP contribution in [-0.4, -0.2) is 5.11 Å². The molecule has 0 spiro atoms. The molecule has 1 nitrogen and oxygen atoms in total. The quantitative estimate of drug-likeness (QED) is 0.430. The molecule has 0 unspecified atom stereocenters. The number of phenols is 1. The first-order valence-electron chi connectivity index (χ1n) is 10.6. The first-order chi connectivity index (χ1) is 14.0. The number of benzene rings is 3. The van der Waals surface area contributed by atoms with Crippen molar-refractivity contribution in [1.82, 2.24) is 0 Å². The van der Waals surface area contributed by atoms with Gasteiger partial charge in [-0.25, -0.2) is 0 Å². The molecule has 0 amide bonds. The highest BCUT2D eigenvalue weighted by molar-refractivity contribution is 7.98. The van der Waals surface area contributed by atoms with E-state index in [1.54, 1.807) is 0 Å². The Morgan fingerprint density at radius 3 is 2.00 bits per heavy atom. The van der Waals surface area contributed by atoms with E-state index in [2.05, 4.69) is 109 Å². The molecule has 3 aromatic rings. The fraction of sp³-hybridized carbons (Fsp3) is 0.357. The molecule has 30 heavy (non-hydrogen) atoms. The predicted octanol–water partition coefficient (Wildman–Crippen LogP) is 8.25. The minimum Gasteiger partial charge on any atom is -0.507 e.